The highest BCUT2D eigenvalue weighted by atomic mass is 32.2. The van der Waals surface area contributed by atoms with Gasteiger partial charge in [-0.2, -0.15) is 0 Å². The number of carbonyl (C=O) groups is 1. The van der Waals surface area contributed by atoms with E-state index in [1.54, 1.807) is 30.0 Å². The molecule has 0 spiro atoms. The summed E-state index contributed by atoms with van der Waals surface area (Å²) in [6.45, 7) is 5.61. The molecule has 30 heavy (non-hydrogen) atoms. The van der Waals surface area contributed by atoms with Gasteiger partial charge in [-0.05, 0) is 50.6 Å². The Morgan fingerprint density at radius 1 is 1.17 bits per heavy atom. The smallest absolute Gasteiger partial charge is 0.252 e. The Hall–Kier alpha value is -2.62. The second-order valence-electron chi connectivity index (χ2n) is 6.90. The summed E-state index contributed by atoms with van der Waals surface area (Å²) >= 11 is 1.55. The Morgan fingerprint density at radius 2 is 1.83 bits per heavy atom. The fourth-order valence-electron chi connectivity index (χ4n) is 2.94. The van der Waals surface area contributed by atoms with E-state index in [-0.39, 0.29) is 16.8 Å². The average Bonchev–Trinajstić information content (AvgIpc) is 3.03. The summed E-state index contributed by atoms with van der Waals surface area (Å²) in [6.07, 6.45) is 0. The molecular formula is C21H23N3O4S2. The van der Waals surface area contributed by atoms with Gasteiger partial charge in [0, 0.05) is 16.2 Å². The van der Waals surface area contributed by atoms with Crippen molar-refractivity contribution in [3.63, 3.8) is 0 Å². The number of nitrogens with two attached hydrogens (primary N) is 1. The quantitative estimate of drug-likeness (QED) is 0.536. The third kappa shape index (κ3) is 5.10. The van der Waals surface area contributed by atoms with Gasteiger partial charge in [-0.15, -0.1) is 11.8 Å². The topological polar surface area (TPSA) is 115 Å². The maximum absolute atomic E-state index is 12.9. The van der Waals surface area contributed by atoms with Crippen LogP contribution in [0.2, 0.25) is 0 Å². The van der Waals surface area contributed by atoms with Crippen molar-refractivity contribution in [2.24, 2.45) is 5.14 Å². The zero-order chi connectivity index (χ0) is 21.9. The van der Waals surface area contributed by atoms with Crippen LogP contribution in [0.3, 0.4) is 0 Å². The summed E-state index contributed by atoms with van der Waals surface area (Å²) in [6, 6.07) is 13.2. The predicted octanol–water partition coefficient (Wildman–Crippen LogP) is 3.72. The van der Waals surface area contributed by atoms with Crippen molar-refractivity contribution in [3.05, 3.63) is 76.7 Å². The first-order valence-corrected chi connectivity index (χ1v) is 11.8. The molecular weight excluding hydrogens is 422 g/mol. The van der Waals surface area contributed by atoms with Crippen LogP contribution < -0.4 is 10.5 Å². The number of hydrogen-bond donors (Lipinski definition) is 2. The second kappa shape index (κ2) is 9.03. The minimum atomic E-state index is -3.75. The van der Waals surface area contributed by atoms with Gasteiger partial charge in [0.05, 0.1) is 22.2 Å². The molecule has 3 aromatic rings. The lowest BCUT2D eigenvalue weighted by atomic mass is 10.1. The molecule has 0 aliphatic carbocycles. The van der Waals surface area contributed by atoms with Gasteiger partial charge in [-0.3, -0.25) is 4.79 Å². The molecule has 7 nitrogen and oxygen atoms in total. The van der Waals surface area contributed by atoms with Gasteiger partial charge in [-0.25, -0.2) is 13.6 Å². The van der Waals surface area contributed by atoms with E-state index in [1.807, 2.05) is 39.0 Å². The third-order valence-electron chi connectivity index (χ3n) is 4.74. The van der Waals surface area contributed by atoms with Crippen LogP contribution in [0, 0.1) is 13.8 Å². The second-order valence-corrected chi connectivity index (χ2v) is 9.48. The van der Waals surface area contributed by atoms with E-state index in [4.69, 9.17) is 9.66 Å². The summed E-state index contributed by atoms with van der Waals surface area (Å²) in [5.74, 6) is 1.22. The number of sulfonamides is 1. The number of nitrogens with one attached hydrogen (secondary N) is 1. The lowest BCUT2D eigenvalue weighted by molar-refractivity contribution is 0.0937. The van der Waals surface area contributed by atoms with E-state index >= 15 is 0 Å². The highest BCUT2D eigenvalue weighted by Gasteiger charge is 2.17. The Morgan fingerprint density at radius 3 is 2.43 bits per heavy atom. The molecule has 1 heterocycles. The largest absolute Gasteiger partial charge is 0.361 e. The summed E-state index contributed by atoms with van der Waals surface area (Å²) < 4.78 is 28.0. The standard InChI is InChI=1S/C21H23N3O4S2/c1-13(16-8-10-17(11-9-16)30(22,26)27)23-21(25)18-6-4-5-7-20(18)29-12-19-14(2)24-28-15(19)3/h4-11,13H,12H2,1-3H3,(H,23,25)(H2,22,26,27). The van der Waals surface area contributed by atoms with Gasteiger partial charge in [0.15, 0.2) is 0 Å². The highest BCUT2D eigenvalue weighted by molar-refractivity contribution is 7.98. The number of carbonyl (C=O) groups excluding carboxylic acids is 1. The molecule has 0 saturated carbocycles. The van der Waals surface area contributed by atoms with E-state index in [9.17, 15) is 13.2 Å². The minimum absolute atomic E-state index is 0.0332. The number of primary sulfonamides is 1. The molecule has 158 valence electrons. The van der Waals surface area contributed by atoms with Crippen molar-refractivity contribution in [1.29, 1.82) is 0 Å². The van der Waals surface area contributed by atoms with Crippen molar-refractivity contribution in [2.75, 3.05) is 0 Å². The molecule has 3 rings (SSSR count). The number of amides is 1. The third-order valence-corrected chi connectivity index (χ3v) is 6.77. The zero-order valence-electron chi connectivity index (χ0n) is 16.9. The Labute approximate surface area is 180 Å². The van der Waals surface area contributed by atoms with Crippen molar-refractivity contribution in [2.45, 2.75) is 42.4 Å². The first-order chi connectivity index (χ1) is 14.2. The van der Waals surface area contributed by atoms with Gasteiger partial charge >= 0.3 is 0 Å². The maximum atomic E-state index is 12.9. The van der Waals surface area contributed by atoms with Gasteiger partial charge in [-0.1, -0.05) is 29.4 Å². The molecule has 0 radical (unpaired) electrons. The van der Waals surface area contributed by atoms with Gasteiger partial charge in [0.25, 0.3) is 5.91 Å². The highest BCUT2D eigenvalue weighted by Crippen LogP contribution is 2.29. The van der Waals surface area contributed by atoms with Gasteiger partial charge < -0.3 is 9.84 Å². The Bertz CT molecular complexity index is 1140. The molecule has 1 amide bonds. The first kappa shape index (κ1) is 22.1. The van der Waals surface area contributed by atoms with E-state index in [0.717, 1.165) is 27.5 Å². The summed E-state index contributed by atoms with van der Waals surface area (Å²) in [5.41, 5.74) is 3.22. The zero-order valence-corrected chi connectivity index (χ0v) is 18.5. The fraction of sp³-hybridized carbons (Fsp3) is 0.238. The molecule has 0 saturated heterocycles. The number of thioether (sulfide) groups is 1. The van der Waals surface area contributed by atoms with Crippen LogP contribution in [0.5, 0.6) is 0 Å². The van der Waals surface area contributed by atoms with Crippen molar-refractivity contribution in [1.82, 2.24) is 10.5 Å². The van der Waals surface area contributed by atoms with Crippen molar-refractivity contribution in [3.8, 4) is 0 Å². The number of aryl methyl sites for hydroxylation is 2. The molecule has 3 N–H and O–H groups in total. The van der Waals surface area contributed by atoms with Crippen LogP contribution in [0.15, 0.2) is 62.8 Å². The number of aromatic nitrogens is 1. The molecule has 0 bridgehead atoms. The number of hydrogen-bond acceptors (Lipinski definition) is 6. The summed E-state index contributed by atoms with van der Waals surface area (Å²) in [7, 11) is -3.75. The van der Waals surface area contributed by atoms with Crippen molar-refractivity contribution >= 4 is 27.7 Å². The summed E-state index contributed by atoms with van der Waals surface area (Å²) in [4.78, 5) is 13.8. The SMILES string of the molecule is Cc1noc(C)c1CSc1ccccc1C(=O)NC(C)c1ccc(S(N)(=O)=O)cc1. The normalized spacial score (nSPS) is 12.5. The van der Waals surface area contributed by atoms with E-state index < -0.39 is 10.0 Å². The maximum Gasteiger partial charge on any atom is 0.252 e. The monoisotopic (exact) mass is 445 g/mol. The first-order valence-electron chi connectivity index (χ1n) is 9.24. The molecule has 0 aliphatic heterocycles. The van der Waals surface area contributed by atoms with Crippen molar-refractivity contribution < 1.29 is 17.7 Å². The van der Waals surface area contributed by atoms with Crippen LogP contribution in [-0.2, 0) is 15.8 Å². The van der Waals surface area contributed by atoms with Crippen LogP contribution in [0.1, 0.15) is 45.9 Å². The molecule has 2 aromatic carbocycles. The molecule has 0 fully saturated rings. The van der Waals surface area contributed by atoms with Gasteiger partial charge in [0.2, 0.25) is 10.0 Å². The molecule has 1 unspecified atom stereocenters. The van der Waals surface area contributed by atoms with Gasteiger partial charge in [0.1, 0.15) is 5.76 Å². The Balaban J connectivity index is 1.72. The van der Waals surface area contributed by atoms with Crippen LogP contribution in [-0.4, -0.2) is 19.5 Å². The number of nitrogens with zero attached hydrogens (tertiary/aromatic N) is 1. The molecule has 1 atom stereocenters. The molecule has 9 heteroatoms. The number of benzene rings is 2. The number of rotatable bonds is 7. The predicted molar refractivity (Wildman–Crippen MR) is 116 cm³/mol. The fourth-order valence-corrected chi connectivity index (χ4v) is 4.66. The van der Waals surface area contributed by atoms with E-state index in [1.165, 1.54) is 12.1 Å². The lowest BCUT2D eigenvalue weighted by Gasteiger charge is -2.16. The Kier molecular flexibility index (Phi) is 6.64. The van der Waals surface area contributed by atoms with E-state index in [0.29, 0.717) is 11.3 Å². The van der Waals surface area contributed by atoms with Crippen LogP contribution in [0.25, 0.3) is 0 Å². The lowest BCUT2D eigenvalue weighted by Crippen LogP contribution is -2.27. The van der Waals surface area contributed by atoms with E-state index in [2.05, 4.69) is 10.5 Å². The van der Waals surface area contributed by atoms with Crippen LogP contribution >= 0.6 is 11.8 Å². The molecule has 1 aromatic heterocycles. The minimum Gasteiger partial charge on any atom is -0.361 e. The summed E-state index contributed by atoms with van der Waals surface area (Å²) in [5, 5.41) is 12.1. The van der Waals surface area contributed by atoms with Crippen LogP contribution in [0.4, 0.5) is 0 Å². The average molecular weight is 446 g/mol. The molecule has 0 aliphatic rings.